The molecule has 1 unspecified atom stereocenters. The Morgan fingerprint density at radius 1 is 1.53 bits per heavy atom. The number of ether oxygens (including phenoxy) is 1. The van der Waals surface area contributed by atoms with Gasteiger partial charge in [0.05, 0.1) is 6.61 Å². The number of hydrogen-bond donors (Lipinski definition) is 1. The zero-order chi connectivity index (χ0) is 13.2. The Morgan fingerprint density at radius 3 is 2.95 bits per heavy atom. The average molecular weight is 401 g/mol. The number of nitrogens with zero attached hydrogens (tertiary/aromatic N) is 2. The fraction of sp³-hybridized carbons (Fsp3) is 0.923. The quantitative estimate of drug-likeness (QED) is 0.308. The lowest BCUT2D eigenvalue weighted by atomic mass is 10.1. The van der Waals surface area contributed by atoms with Crippen molar-refractivity contribution < 1.29 is 4.74 Å². The zero-order valence-electron chi connectivity index (χ0n) is 12.4. The maximum atomic E-state index is 5.50. The molecule has 1 saturated heterocycles. The highest BCUT2D eigenvalue weighted by Crippen LogP contribution is 2.16. The van der Waals surface area contributed by atoms with Crippen molar-refractivity contribution >= 4 is 41.7 Å². The first kappa shape index (κ1) is 19.3. The van der Waals surface area contributed by atoms with Crippen molar-refractivity contribution in [2.45, 2.75) is 19.8 Å². The van der Waals surface area contributed by atoms with E-state index in [-0.39, 0.29) is 24.0 Å². The van der Waals surface area contributed by atoms with E-state index in [1.807, 2.05) is 18.8 Å². The molecule has 1 aliphatic rings. The first-order valence-electron chi connectivity index (χ1n) is 6.84. The number of likely N-dealkylation sites (tertiary alicyclic amines) is 1. The predicted octanol–water partition coefficient (Wildman–Crippen LogP) is 2.29. The van der Waals surface area contributed by atoms with Gasteiger partial charge in [0.2, 0.25) is 0 Å². The molecule has 114 valence electrons. The van der Waals surface area contributed by atoms with Crippen molar-refractivity contribution in [3.63, 3.8) is 0 Å². The molecule has 4 nitrogen and oxygen atoms in total. The van der Waals surface area contributed by atoms with Crippen LogP contribution in [0.15, 0.2) is 4.99 Å². The van der Waals surface area contributed by atoms with Crippen LogP contribution >= 0.6 is 35.7 Å². The second-order valence-corrected chi connectivity index (χ2v) is 5.57. The Bertz CT molecular complexity index is 254. The van der Waals surface area contributed by atoms with Crippen LogP contribution in [0.3, 0.4) is 0 Å². The molecule has 0 spiro atoms. The number of nitrogens with one attached hydrogen (secondary N) is 1. The standard InChI is InChI=1S/C13H27N3OS.HI/c1-4-17-11-12-6-8-16(10-12)13(14-2)15-7-5-9-18-3;/h12H,4-11H2,1-3H3,(H,14,15);1H. The van der Waals surface area contributed by atoms with Gasteiger partial charge in [-0.05, 0) is 31.8 Å². The van der Waals surface area contributed by atoms with E-state index in [4.69, 9.17) is 4.74 Å². The third-order valence-electron chi connectivity index (χ3n) is 3.16. The molecule has 1 N–H and O–H groups in total. The summed E-state index contributed by atoms with van der Waals surface area (Å²) in [5.74, 6) is 2.92. The van der Waals surface area contributed by atoms with Crippen molar-refractivity contribution in [1.29, 1.82) is 0 Å². The molecule has 0 aromatic heterocycles. The first-order chi connectivity index (χ1) is 8.81. The fourth-order valence-electron chi connectivity index (χ4n) is 2.19. The third kappa shape index (κ3) is 7.60. The lowest BCUT2D eigenvalue weighted by molar-refractivity contribution is 0.114. The van der Waals surface area contributed by atoms with Crippen molar-refractivity contribution in [2.75, 3.05) is 51.9 Å². The van der Waals surface area contributed by atoms with Crippen molar-refractivity contribution in [3.05, 3.63) is 0 Å². The van der Waals surface area contributed by atoms with E-state index in [0.29, 0.717) is 5.92 Å². The number of rotatable bonds is 7. The molecule has 0 amide bonds. The zero-order valence-corrected chi connectivity index (χ0v) is 15.5. The van der Waals surface area contributed by atoms with Gasteiger partial charge in [-0.3, -0.25) is 4.99 Å². The molecule has 0 aromatic carbocycles. The first-order valence-corrected chi connectivity index (χ1v) is 8.23. The normalized spacial score (nSPS) is 19.4. The van der Waals surface area contributed by atoms with Crippen LogP contribution in [0.5, 0.6) is 0 Å². The van der Waals surface area contributed by atoms with Gasteiger partial charge >= 0.3 is 0 Å². The van der Waals surface area contributed by atoms with E-state index < -0.39 is 0 Å². The van der Waals surface area contributed by atoms with Crippen LogP contribution < -0.4 is 5.32 Å². The molecule has 1 atom stereocenters. The van der Waals surface area contributed by atoms with E-state index in [9.17, 15) is 0 Å². The summed E-state index contributed by atoms with van der Waals surface area (Å²) >= 11 is 1.89. The monoisotopic (exact) mass is 401 g/mol. The van der Waals surface area contributed by atoms with Gasteiger partial charge in [-0.25, -0.2) is 0 Å². The number of aliphatic imine (C=N–C) groups is 1. The SMILES string of the molecule is CCOCC1CCN(C(=NC)NCCCSC)C1.I. The number of guanidine groups is 1. The highest BCUT2D eigenvalue weighted by Gasteiger charge is 2.24. The molecule has 1 aliphatic heterocycles. The van der Waals surface area contributed by atoms with Gasteiger partial charge in [-0.15, -0.1) is 24.0 Å². The largest absolute Gasteiger partial charge is 0.381 e. The summed E-state index contributed by atoms with van der Waals surface area (Å²) in [6, 6.07) is 0. The molecule has 1 fully saturated rings. The minimum absolute atomic E-state index is 0. The topological polar surface area (TPSA) is 36.9 Å². The second kappa shape index (κ2) is 12.1. The summed E-state index contributed by atoms with van der Waals surface area (Å²) in [6.07, 6.45) is 4.55. The molecule has 0 bridgehead atoms. The lowest BCUT2D eigenvalue weighted by Crippen LogP contribution is -2.40. The third-order valence-corrected chi connectivity index (χ3v) is 3.86. The summed E-state index contributed by atoms with van der Waals surface area (Å²) in [7, 11) is 1.87. The molecule has 0 radical (unpaired) electrons. The molecular weight excluding hydrogens is 373 g/mol. The summed E-state index contributed by atoms with van der Waals surface area (Å²) < 4.78 is 5.50. The van der Waals surface area contributed by atoms with E-state index in [1.54, 1.807) is 0 Å². The van der Waals surface area contributed by atoms with Crippen LogP contribution in [0.1, 0.15) is 19.8 Å². The van der Waals surface area contributed by atoms with Gasteiger partial charge in [0.25, 0.3) is 0 Å². The summed E-state index contributed by atoms with van der Waals surface area (Å²) in [6.45, 7) is 6.94. The van der Waals surface area contributed by atoms with Crippen LogP contribution in [-0.4, -0.2) is 62.8 Å². The summed E-state index contributed by atoms with van der Waals surface area (Å²) in [4.78, 5) is 6.72. The predicted molar refractivity (Wildman–Crippen MR) is 95.9 cm³/mol. The Balaban J connectivity index is 0.00000324. The van der Waals surface area contributed by atoms with Crippen LogP contribution in [-0.2, 0) is 4.74 Å². The van der Waals surface area contributed by atoms with Crippen molar-refractivity contribution in [2.24, 2.45) is 10.9 Å². The Hall–Kier alpha value is 0.310. The molecule has 0 aromatic rings. The van der Waals surface area contributed by atoms with E-state index >= 15 is 0 Å². The number of thioether (sulfide) groups is 1. The molecule has 0 saturated carbocycles. The average Bonchev–Trinajstić information content (AvgIpc) is 2.85. The van der Waals surface area contributed by atoms with Gasteiger partial charge in [-0.1, -0.05) is 0 Å². The van der Waals surface area contributed by atoms with Gasteiger partial charge in [-0.2, -0.15) is 11.8 Å². The maximum absolute atomic E-state index is 5.50. The smallest absolute Gasteiger partial charge is 0.193 e. The molecule has 0 aliphatic carbocycles. The van der Waals surface area contributed by atoms with Crippen LogP contribution in [0.4, 0.5) is 0 Å². The highest BCUT2D eigenvalue weighted by molar-refractivity contribution is 14.0. The van der Waals surface area contributed by atoms with Crippen molar-refractivity contribution in [1.82, 2.24) is 10.2 Å². The van der Waals surface area contributed by atoms with E-state index in [1.165, 1.54) is 18.6 Å². The molecular formula is C13H28IN3OS. The minimum atomic E-state index is 0. The summed E-state index contributed by atoms with van der Waals surface area (Å²) in [5.41, 5.74) is 0. The number of hydrogen-bond acceptors (Lipinski definition) is 3. The fourth-order valence-corrected chi connectivity index (χ4v) is 2.63. The van der Waals surface area contributed by atoms with E-state index in [0.717, 1.165) is 38.8 Å². The molecule has 1 heterocycles. The Labute approximate surface area is 139 Å². The van der Waals surface area contributed by atoms with Crippen molar-refractivity contribution in [3.8, 4) is 0 Å². The van der Waals surface area contributed by atoms with E-state index in [2.05, 4.69) is 28.4 Å². The number of halogens is 1. The second-order valence-electron chi connectivity index (χ2n) is 4.58. The highest BCUT2D eigenvalue weighted by atomic mass is 127. The van der Waals surface area contributed by atoms with Gasteiger partial charge in [0.15, 0.2) is 5.96 Å². The Morgan fingerprint density at radius 2 is 2.32 bits per heavy atom. The van der Waals surface area contributed by atoms with Crippen LogP contribution in [0.2, 0.25) is 0 Å². The summed E-state index contributed by atoms with van der Waals surface area (Å²) in [5, 5.41) is 3.44. The van der Waals surface area contributed by atoms with Crippen LogP contribution in [0, 0.1) is 5.92 Å². The Kier molecular flexibility index (Phi) is 12.3. The van der Waals surface area contributed by atoms with Gasteiger partial charge < -0.3 is 15.0 Å². The molecule has 6 heteroatoms. The molecule has 19 heavy (non-hydrogen) atoms. The molecule has 1 rings (SSSR count). The van der Waals surface area contributed by atoms with Gasteiger partial charge in [0, 0.05) is 39.2 Å². The maximum Gasteiger partial charge on any atom is 0.193 e. The minimum Gasteiger partial charge on any atom is -0.381 e. The van der Waals surface area contributed by atoms with Crippen LogP contribution in [0.25, 0.3) is 0 Å². The van der Waals surface area contributed by atoms with Gasteiger partial charge in [0.1, 0.15) is 0 Å². The lowest BCUT2D eigenvalue weighted by Gasteiger charge is -2.21.